The quantitative estimate of drug-likeness (QED) is 0.418. The van der Waals surface area contributed by atoms with Gasteiger partial charge in [0.1, 0.15) is 0 Å². The monoisotopic (exact) mass is 430 g/mol. The molecule has 0 aliphatic heterocycles. The lowest BCUT2D eigenvalue weighted by atomic mass is 9.91. The Kier molecular flexibility index (Phi) is 5.69. The summed E-state index contributed by atoms with van der Waals surface area (Å²) in [4.78, 5) is 22.5. The van der Waals surface area contributed by atoms with E-state index in [9.17, 15) is 14.7 Å². The number of aryl methyl sites for hydroxylation is 2. The summed E-state index contributed by atoms with van der Waals surface area (Å²) < 4.78 is 11.3. The molecule has 0 saturated carbocycles. The Balaban J connectivity index is 2.10. The summed E-state index contributed by atoms with van der Waals surface area (Å²) in [5.74, 6) is -1.89. The summed E-state index contributed by atoms with van der Waals surface area (Å²) in [7, 11) is 0. The van der Waals surface area contributed by atoms with Crippen LogP contribution in [0.2, 0.25) is 0 Å². The van der Waals surface area contributed by atoms with Gasteiger partial charge in [-0.25, -0.2) is 9.59 Å². The van der Waals surface area contributed by atoms with Gasteiger partial charge in [0.2, 0.25) is 0 Å². The van der Waals surface area contributed by atoms with E-state index in [1.165, 1.54) is 0 Å². The van der Waals surface area contributed by atoms with Crippen LogP contribution >= 0.6 is 0 Å². The molecule has 0 bridgehead atoms. The number of fused-ring (bicyclic) bond motifs is 2. The molecule has 0 aromatic heterocycles. The van der Waals surface area contributed by atoms with Crippen molar-refractivity contribution >= 4 is 33.5 Å². The highest BCUT2D eigenvalue weighted by Gasteiger charge is 2.21. The minimum absolute atomic E-state index is 0.185. The van der Waals surface area contributed by atoms with Crippen molar-refractivity contribution in [1.29, 1.82) is 0 Å². The summed E-state index contributed by atoms with van der Waals surface area (Å²) in [6, 6.07) is 19.6. The Morgan fingerprint density at radius 2 is 1.38 bits per heavy atom. The van der Waals surface area contributed by atoms with Crippen molar-refractivity contribution < 1.29 is 29.3 Å². The molecule has 4 aromatic carbocycles. The van der Waals surface area contributed by atoms with E-state index in [1.54, 1.807) is 6.07 Å². The first-order valence-electron chi connectivity index (χ1n) is 10.1. The molecule has 162 valence electrons. The molecule has 32 heavy (non-hydrogen) atoms. The molecule has 0 heterocycles. The summed E-state index contributed by atoms with van der Waals surface area (Å²) in [6.45, 7) is 2.82. The van der Waals surface area contributed by atoms with Crippen molar-refractivity contribution in [3.8, 4) is 22.6 Å². The fourth-order valence-electron chi connectivity index (χ4n) is 3.86. The lowest BCUT2D eigenvalue weighted by Gasteiger charge is -2.20. The third-order valence-electron chi connectivity index (χ3n) is 5.21. The van der Waals surface area contributed by atoms with Gasteiger partial charge >= 0.3 is 11.9 Å². The second kappa shape index (κ2) is 8.59. The zero-order valence-electron chi connectivity index (χ0n) is 17.7. The topological polar surface area (TPSA) is 93.1 Å². The maximum Gasteiger partial charge on any atom is 0.341 e. The van der Waals surface area contributed by atoms with Crippen LogP contribution in [-0.2, 0) is 9.59 Å². The number of benzene rings is 4. The number of hydrogen-bond acceptors (Lipinski definition) is 4. The van der Waals surface area contributed by atoms with E-state index >= 15 is 0 Å². The molecular weight excluding hydrogens is 408 g/mol. The van der Waals surface area contributed by atoms with Crippen LogP contribution in [0.1, 0.15) is 11.1 Å². The molecule has 0 atom stereocenters. The first-order valence-corrected chi connectivity index (χ1v) is 10.1. The Hall–Kier alpha value is -4.06. The second-order valence-corrected chi connectivity index (χ2v) is 7.70. The van der Waals surface area contributed by atoms with Crippen LogP contribution in [0.3, 0.4) is 0 Å². The molecule has 0 aliphatic rings. The molecule has 0 unspecified atom stereocenters. The largest absolute Gasteiger partial charge is 0.479 e. The first-order chi connectivity index (χ1) is 15.3. The fourth-order valence-corrected chi connectivity index (χ4v) is 3.86. The van der Waals surface area contributed by atoms with Crippen molar-refractivity contribution in [2.24, 2.45) is 0 Å². The Bertz CT molecular complexity index is 1360. The first kappa shape index (κ1) is 21.2. The third-order valence-corrected chi connectivity index (χ3v) is 5.21. The van der Waals surface area contributed by atoms with E-state index in [0.717, 1.165) is 38.2 Å². The van der Waals surface area contributed by atoms with Crippen molar-refractivity contribution in [3.05, 3.63) is 71.8 Å². The van der Waals surface area contributed by atoms with Crippen LogP contribution in [-0.4, -0.2) is 35.4 Å². The average Bonchev–Trinajstić information content (AvgIpc) is 2.75. The van der Waals surface area contributed by atoms with Crippen LogP contribution in [0.4, 0.5) is 0 Å². The third kappa shape index (κ3) is 4.21. The highest BCUT2D eigenvalue weighted by Crippen LogP contribution is 2.46. The smallest absolute Gasteiger partial charge is 0.341 e. The van der Waals surface area contributed by atoms with Crippen LogP contribution in [0.15, 0.2) is 60.7 Å². The number of carboxylic acid groups (broad SMARTS) is 2. The van der Waals surface area contributed by atoms with Gasteiger partial charge in [-0.1, -0.05) is 65.7 Å². The molecule has 0 aliphatic carbocycles. The maximum atomic E-state index is 11.3. The second-order valence-electron chi connectivity index (χ2n) is 7.70. The molecule has 0 saturated heterocycles. The van der Waals surface area contributed by atoms with E-state index < -0.39 is 25.2 Å². The fraction of sp³-hybridized carbons (Fsp3) is 0.154. The zero-order valence-corrected chi connectivity index (χ0v) is 17.7. The number of aliphatic carboxylic acids is 2. The van der Waals surface area contributed by atoms with Crippen LogP contribution in [0.25, 0.3) is 32.7 Å². The Labute approximate surface area is 184 Å². The number of carboxylic acids is 2. The summed E-state index contributed by atoms with van der Waals surface area (Å²) >= 11 is 0. The summed E-state index contributed by atoms with van der Waals surface area (Å²) in [5, 5.41) is 22.1. The molecule has 0 spiro atoms. The molecule has 6 nitrogen and oxygen atoms in total. The van der Waals surface area contributed by atoms with Crippen molar-refractivity contribution in [3.63, 3.8) is 0 Å². The van der Waals surface area contributed by atoms with Crippen LogP contribution in [0, 0.1) is 13.8 Å². The summed E-state index contributed by atoms with van der Waals surface area (Å²) in [5.41, 5.74) is 3.63. The normalized spacial score (nSPS) is 10.9. The van der Waals surface area contributed by atoms with E-state index in [2.05, 4.69) is 6.07 Å². The lowest BCUT2D eigenvalue weighted by Crippen LogP contribution is -2.14. The lowest BCUT2D eigenvalue weighted by molar-refractivity contribution is -0.140. The summed E-state index contributed by atoms with van der Waals surface area (Å²) in [6.07, 6.45) is 0. The number of ether oxygens (including phenoxy) is 2. The number of carbonyl (C=O) groups is 2. The van der Waals surface area contributed by atoms with Crippen LogP contribution < -0.4 is 9.47 Å². The predicted molar refractivity (Wildman–Crippen MR) is 123 cm³/mol. The number of hydrogen-bond donors (Lipinski definition) is 2. The van der Waals surface area contributed by atoms with Gasteiger partial charge < -0.3 is 19.7 Å². The van der Waals surface area contributed by atoms with Gasteiger partial charge in [0.05, 0.1) is 0 Å². The highest BCUT2D eigenvalue weighted by molar-refractivity contribution is 6.09. The highest BCUT2D eigenvalue weighted by atomic mass is 16.5. The van der Waals surface area contributed by atoms with Gasteiger partial charge in [0.25, 0.3) is 0 Å². The molecule has 4 aromatic rings. The van der Waals surface area contributed by atoms with E-state index in [0.29, 0.717) is 5.56 Å². The Morgan fingerprint density at radius 1 is 0.750 bits per heavy atom. The SMILES string of the molecule is Cc1ccc2cccc(-c3c(OCC(=O)O)c(OCC(=O)O)cc4ccc(C)cc34)c2c1. The van der Waals surface area contributed by atoms with Gasteiger partial charge in [-0.2, -0.15) is 0 Å². The van der Waals surface area contributed by atoms with Crippen molar-refractivity contribution in [2.75, 3.05) is 13.2 Å². The van der Waals surface area contributed by atoms with Gasteiger partial charge in [-0.15, -0.1) is 0 Å². The van der Waals surface area contributed by atoms with E-state index in [-0.39, 0.29) is 11.5 Å². The van der Waals surface area contributed by atoms with Gasteiger partial charge in [0.15, 0.2) is 24.7 Å². The molecule has 2 N–H and O–H groups in total. The average molecular weight is 430 g/mol. The molecular formula is C26H22O6. The van der Waals surface area contributed by atoms with E-state index in [4.69, 9.17) is 14.6 Å². The molecule has 0 amide bonds. The molecule has 0 radical (unpaired) electrons. The predicted octanol–water partition coefficient (Wildman–Crippen LogP) is 5.20. The van der Waals surface area contributed by atoms with Gasteiger partial charge in [0, 0.05) is 5.56 Å². The zero-order chi connectivity index (χ0) is 22.8. The molecule has 6 heteroatoms. The minimum atomic E-state index is -1.14. The molecule has 0 fully saturated rings. The van der Waals surface area contributed by atoms with Crippen LogP contribution in [0.5, 0.6) is 11.5 Å². The van der Waals surface area contributed by atoms with E-state index in [1.807, 2.05) is 62.4 Å². The van der Waals surface area contributed by atoms with Crippen molar-refractivity contribution in [1.82, 2.24) is 0 Å². The minimum Gasteiger partial charge on any atom is -0.479 e. The Morgan fingerprint density at radius 3 is 2.06 bits per heavy atom. The van der Waals surface area contributed by atoms with Gasteiger partial charge in [-0.05, 0) is 47.0 Å². The van der Waals surface area contributed by atoms with Crippen molar-refractivity contribution in [2.45, 2.75) is 13.8 Å². The number of rotatable bonds is 7. The standard InChI is InChI=1S/C26H22O6/c1-15-6-8-17-4-3-5-19(20(17)10-15)25-21-11-16(2)7-9-18(21)12-22(31-13-23(27)28)26(25)32-14-24(29)30/h3-12H,13-14H2,1-2H3,(H,27,28)(H,29,30). The molecule has 4 rings (SSSR count). The van der Waals surface area contributed by atoms with Gasteiger partial charge in [-0.3, -0.25) is 0 Å². The maximum absolute atomic E-state index is 11.3.